The number of ether oxygens (including phenoxy) is 1. The summed E-state index contributed by atoms with van der Waals surface area (Å²) in [5, 5.41) is 0. The summed E-state index contributed by atoms with van der Waals surface area (Å²) in [6.45, 7) is 3.40. The van der Waals surface area contributed by atoms with Gasteiger partial charge >= 0.3 is 0 Å². The molecular weight excluding hydrogens is 219 g/mol. The lowest BCUT2D eigenvalue weighted by Gasteiger charge is -2.15. The van der Waals surface area contributed by atoms with Gasteiger partial charge in [-0.2, -0.15) is 0 Å². The van der Waals surface area contributed by atoms with E-state index in [2.05, 4.69) is 4.90 Å². The predicted molar refractivity (Wildman–Crippen MR) is 67.7 cm³/mol. The Balaban J connectivity index is 2.58. The molecule has 0 saturated heterocycles. The van der Waals surface area contributed by atoms with Crippen LogP contribution < -0.4 is 10.5 Å². The van der Waals surface area contributed by atoms with Gasteiger partial charge in [0.25, 0.3) is 0 Å². The summed E-state index contributed by atoms with van der Waals surface area (Å²) >= 11 is 0. The van der Waals surface area contributed by atoms with Crippen LogP contribution in [-0.4, -0.2) is 32.1 Å². The second-order valence-electron chi connectivity index (χ2n) is 4.48. The van der Waals surface area contributed by atoms with Gasteiger partial charge in [0, 0.05) is 18.2 Å². The Morgan fingerprint density at radius 2 is 2.12 bits per heavy atom. The molecule has 0 bridgehead atoms. The fourth-order valence-corrected chi connectivity index (χ4v) is 1.57. The van der Waals surface area contributed by atoms with Crippen LogP contribution in [0, 0.1) is 5.82 Å². The van der Waals surface area contributed by atoms with Crippen molar-refractivity contribution in [2.45, 2.75) is 19.4 Å². The molecule has 0 saturated carbocycles. The van der Waals surface area contributed by atoms with Crippen molar-refractivity contribution < 1.29 is 9.13 Å². The standard InChI is InChI=1S/C13H21FN2O/c1-10(15)12-9-11(14)5-6-13(12)17-8-4-7-16(2)3/h5-6,9-10H,4,7-8,15H2,1-3H3. The van der Waals surface area contributed by atoms with Crippen LogP contribution in [0.4, 0.5) is 4.39 Å². The van der Waals surface area contributed by atoms with E-state index >= 15 is 0 Å². The molecule has 1 aromatic rings. The van der Waals surface area contributed by atoms with Crippen LogP contribution >= 0.6 is 0 Å². The zero-order valence-electron chi connectivity index (χ0n) is 10.7. The van der Waals surface area contributed by atoms with Gasteiger partial charge in [-0.3, -0.25) is 0 Å². The molecule has 96 valence electrons. The number of benzene rings is 1. The van der Waals surface area contributed by atoms with Gasteiger partial charge in [-0.25, -0.2) is 4.39 Å². The second-order valence-corrected chi connectivity index (χ2v) is 4.48. The third kappa shape index (κ3) is 4.71. The van der Waals surface area contributed by atoms with Crippen LogP contribution in [0.3, 0.4) is 0 Å². The van der Waals surface area contributed by atoms with Crippen LogP contribution in [0.15, 0.2) is 18.2 Å². The maximum atomic E-state index is 13.1. The minimum absolute atomic E-state index is 0.227. The highest BCUT2D eigenvalue weighted by Crippen LogP contribution is 2.24. The fourth-order valence-electron chi connectivity index (χ4n) is 1.57. The second kappa shape index (κ2) is 6.57. The Kier molecular flexibility index (Phi) is 5.38. The molecule has 3 nitrogen and oxygen atoms in total. The summed E-state index contributed by atoms with van der Waals surface area (Å²) in [4.78, 5) is 2.10. The molecule has 0 spiro atoms. The van der Waals surface area contributed by atoms with E-state index in [1.807, 2.05) is 21.0 Å². The zero-order valence-corrected chi connectivity index (χ0v) is 10.7. The van der Waals surface area contributed by atoms with Crippen molar-refractivity contribution in [2.75, 3.05) is 27.2 Å². The first kappa shape index (κ1) is 13.9. The van der Waals surface area contributed by atoms with E-state index in [-0.39, 0.29) is 11.9 Å². The van der Waals surface area contributed by atoms with Crippen LogP contribution in [0.1, 0.15) is 24.9 Å². The molecule has 4 heteroatoms. The smallest absolute Gasteiger partial charge is 0.124 e. The quantitative estimate of drug-likeness (QED) is 0.774. The van der Waals surface area contributed by atoms with Gasteiger partial charge in [-0.15, -0.1) is 0 Å². The minimum atomic E-state index is -0.280. The van der Waals surface area contributed by atoms with Crippen LogP contribution in [0.5, 0.6) is 5.75 Å². The molecule has 1 aromatic carbocycles. The Bertz CT molecular complexity index is 353. The number of rotatable bonds is 6. The number of hydrogen-bond donors (Lipinski definition) is 1. The molecule has 2 N–H and O–H groups in total. The molecule has 17 heavy (non-hydrogen) atoms. The molecule has 0 radical (unpaired) electrons. The maximum absolute atomic E-state index is 13.1. The first-order valence-electron chi connectivity index (χ1n) is 5.83. The van der Waals surface area contributed by atoms with E-state index in [1.165, 1.54) is 12.1 Å². The molecule has 0 amide bonds. The third-order valence-corrected chi connectivity index (χ3v) is 2.47. The maximum Gasteiger partial charge on any atom is 0.124 e. The highest BCUT2D eigenvalue weighted by atomic mass is 19.1. The van der Waals surface area contributed by atoms with Gasteiger partial charge in [0.2, 0.25) is 0 Å². The van der Waals surface area contributed by atoms with Crippen molar-refractivity contribution in [3.05, 3.63) is 29.6 Å². The van der Waals surface area contributed by atoms with Gasteiger partial charge in [-0.05, 0) is 45.6 Å². The Morgan fingerprint density at radius 3 is 2.71 bits per heavy atom. The number of nitrogens with zero attached hydrogens (tertiary/aromatic N) is 1. The van der Waals surface area contributed by atoms with E-state index in [4.69, 9.17) is 10.5 Å². The number of halogens is 1. The van der Waals surface area contributed by atoms with Crippen LogP contribution in [0.25, 0.3) is 0 Å². The van der Waals surface area contributed by atoms with E-state index in [0.29, 0.717) is 12.4 Å². The molecule has 1 rings (SSSR count). The summed E-state index contributed by atoms with van der Waals surface area (Å²) in [5.74, 6) is 0.401. The lowest BCUT2D eigenvalue weighted by atomic mass is 10.1. The van der Waals surface area contributed by atoms with Gasteiger partial charge < -0.3 is 15.4 Å². The summed E-state index contributed by atoms with van der Waals surface area (Å²) in [6.07, 6.45) is 0.933. The minimum Gasteiger partial charge on any atom is -0.493 e. The monoisotopic (exact) mass is 240 g/mol. The van der Waals surface area contributed by atoms with Crippen molar-refractivity contribution in [3.63, 3.8) is 0 Å². The van der Waals surface area contributed by atoms with E-state index in [0.717, 1.165) is 18.5 Å². The molecule has 0 aromatic heterocycles. The van der Waals surface area contributed by atoms with E-state index in [1.54, 1.807) is 6.07 Å². The predicted octanol–water partition coefficient (Wildman–Crippen LogP) is 2.18. The molecule has 0 aliphatic heterocycles. The summed E-state index contributed by atoms with van der Waals surface area (Å²) in [5.41, 5.74) is 6.50. The highest BCUT2D eigenvalue weighted by molar-refractivity contribution is 5.36. The van der Waals surface area contributed by atoms with Crippen molar-refractivity contribution in [2.24, 2.45) is 5.73 Å². The number of hydrogen-bond acceptors (Lipinski definition) is 3. The largest absolute Gasteiger partial charge is 0.493 e. The average Bonchev–Trinajstić information content (AvgIpc) is 2.25. The summed E-state index contributed by atoms with van der Waals surface area (Å²) in [7, 11) is 4.04. The molecule has 1 unspecified atom stereocenters. The fraction of sp³-hybridized carbons (Fsp3) is 0.538. The van der Waals surface area contributed by atoms with Gasteiger partial charge in [0.05, 0.1) is 6.61 Å². The Morgan fingerprint density at radius 1 is 1.41 bits per heavy atom. The normalized spacial score (nSPS) is 12.8. The molecular formula is C13H21FN2O. The molecule has 0 aliphatic rings. The van der Waals surface area contributed by atoms with Gasteiger partial charge in [0.1, 0.15) is 11.6 Å². The van der Waals surface area contributed by atoms with Crippen molar-refractivity contribution >= 4 is 0 Å². The van der Waals surface area contributed by atoms with Crippen LogP contribution in [0.2, 0.25) is 0 Å². The van der Waals surface area contributed by atoms with Gasteiger partial charge in [-0.1, -0.05) is 0 Å². The van der Waals surface area contributed by atoms with E-state index in [9.17, 15) is 4.39 Å². The van der Waals surface area contributed by atoms with Gasteiger partial charge in [0.15, 0.2) is 0 Å². The van der Waals surface area contributed by atoms with E-state index < -0.39 is 0 Å². The van der Waals surface area contributed by atoms with Crippen molar-refractivity contribution in [3.8, 4) is 5.75 Å². The number of nitrogens with two attached hydrogens (primary N) is 1. The van der Waals surface area contributed by atoms with Crippen molar-refractivity contribution in [1.29, 1.82) is 0 Å². The van der Waals surface area contributed by atoms with Crippen molar-refractivity contribution in [1.82, 2.24) is 4.90 Å². The Hall–Kier alpha value is -1.13. The molecule has 0 fully saturated rings. The van der Waals surface area contributed by atoms with Crippen LogP contribution in [-0.2, 0) is 0 Å². The SMILES string of the molecule is CC(N)c1cc(F)ccc1OCCCN(C)C. The summed E-state index contributed by atoms with van der Waals surface area (Å²) < 4.78 is 18.7. The lowest BCUT2D eigenvalue weighted by molar-refractivity contribution is 0.278. The molecule has 0 aliphatic carbocycles. The zero-order chi connectivity index (χ0) is 12.8. The first-order chi connectivity index (χ1) is 8.00. The molecule has 1 atom stereocenters. The third-order valence-electron chi connectivity index (χ3n) is 2.47. The lowest BCUT2D eigenvalue weighted by Crippen LogP contribution is -2.16. The first-order valence-corrected chi connectivity index (χ1v) is 5.83. The summed E-state index contributed by atoms with van der Waals surface area (Å²) in [6, 6.07) is 4.25. The average molecular weight is 240 g/mol. The molecule has 0 heterocycles. The Labute approximate surface area is 102 Å². The highest BCUT2D eigenvalue weighted by Gasteiger charge is 2.09. The topological polar surface area (TPSA) is 38.5 Å².